The zero-order valence-electron chi connectivity index (χ0n) is 15.4. The maximum absolute atomic E-state index is 11.8. The first kappa shape index (κ1) is 22.9. The standard InChI is InChI=1S/C16H32NO6P/c1-6-7-10-24(20,21)11-8-9-17-16(19)23-15(13(4)5)22-14(18)12(2)3/h12-13,15H,6-11H2,1-5H3,(H,17,19)(H,20,21)/t15-/m1/s1. The summed E-state index contributed by atoms with van der Waals surface area (Å²) in [4.78, 5) is 33.1. The molecule has 0 aromatic heterocycles. The molecule has 1 amide bonds. The lowest BCUT2D eigenvalue weighted by atomic mass is 10.2. The summed E-state index contributed by atoms with van der Waals surface area (Å²) in [5.41, 5.74) is 0. The van der Waals surface area contributed by atoms with E-state index in [-0.39, 0.29) is 24.5 Å². The third-order valence-corrected chi connectivity index (χ3v) is 5.32. The predicted molar refractivity (Wildman–Crippen MR) is 93.1 cm³/mol. The van der Waals surface area contributed by atoms with Crippen molar-refractivity contribution in [3.8, 4) is 0 Å². The highest BCUT2D eigenvalue weighted by Crippen LogP contribution is 2.41. The van der Waals surface area contributed by atoms with Gasteiger partial charge in [-0.15, -0.1) is 0 Å². The molecule has 0 heterocycles. The van der Waals surface area contributed by atoms with E-state index in [9.17, 15) is 19.0 Å². The normalized spacial score (nSPS) is 15.0. The molecule has 0 bridgehead atoms. The van der Waals surface area contributed by atoms with Crippen LogP contribution in [0.25, 0.3) is 0 Å². The van der Waals surface area contributed by atoms with Crippen LogP contribution >= 0.6 is 7.37 Å². The second-order valence-electron chi connectivity index (χ2n) is 6.54. The van der Waals surface area contributed by atoms with Crippen molar-refractivity contribution in [3.05, 3.63) is 0 Å². The Hall–Kier alpha value is -1.07. The van der Waals surface area contributed by atoms with Gasteiger partial charge in [0.25, 0.3) is 6.29 Å². The van der Waals surface area contributed by atoms with Crippen LogP contribution in [0.15, 0.2) is 0 Å². The number of alkyl carbamates (subject to hydrolysis) is 1. The van der Waals surface area contributed by atoms with E-state index in [2.05, 4.69) is 5.32 Å². The zero-order valence-corrected chi connectivity index (χ0v) is 16.3. The van der Waals surface area contributed by atoms with E-state index in [4.69, 9.17) is 9.47 Å². The molecule has 0 aliphatic heterocycles. The summed E-state index contributed by atoms with van der Waals surface area (Å²) in [6.07, 6.45) is 0.823. The summed E-state index contributed by atoms with van der Waals surface area (Å²) >= 11 is 0. The van der Waals surface area contributed by atoms with Gasteiger partial charge in [-0.1, -0.05) is 41.0 Å². The molecule has 8 heteroatoms. The van der Waals surface area contributed by atoms with Gasteiger partial charge < -0.3 is 19.7 Å². The highest BCUT2D eigenvalue weighted by atomic mass is 31.2. The van der Waals surface area contributed by atoms with Gasteiger partial charge in [0.2, 0.25) is 7.37 Å². The van der Waals surface area contributed by atoms with E-state index in [1.165, 1.54) is 0 Å². The molecule has 0 aromatic carbocycles. The van der Waals surface area contributed by atoms with E-state index in [1.807, 2.05) is 6.92 Å². The summed E-state index contributed by atoms with van der Waals surface area (Å²) in [6, 6.07) is 0. The van der Waals surface area contributed by atoms with E-state index >= 15 is 0 Å². The third kappa shape index (κ3) is 10.7. The van der Waals surface area contributed by atoms with Crippen molar-refractivity contribution in [1.29, 1.82) is 0 Å². The first-order chi connectivity index (χ1) is 11.1. The van der Waals surface area contributed by atoms with Crippen molar-refractivity contribution < 1.29 is 28.5 Å². The van der Waals surface area contributed by atoms with Gasteiger partial charge in [-0.3, -0.25) is 9.36 Å². The van der Waals surface area contributed by atoms with Gasteiger partial charge in [-0.25, -0.2) is 4.79 Å². The van der Waals surface area contributed by atoms with Gasteiger partial charge in [0.1, 0.15) is 0 Å². The molecule has 2 N–H and O–H groups in total. The number of carbonyl (C=O) groups excluding carboxylic acids is 2. The number of esters is 1. The Morgan fingerprint density at radius 1 is 1.08 bits per heavy atom. The van der Waals surface area contributed by atoms with Crippen LogP contribution < -0.4 is 5.32 Å². The fourth-order valence-electron chi connectivity index (χ4n) is 1.73. The predicted octanol–water partition coefficient (Wildman–Crippen LogP) is 3.35. The number of hydrogen-bond acceptors (Lipinski definition) is 5. The molecule has 0 saturated carbocycles. The summed E-state index contributed by atoms with van der Waals surface area (Å²) in [5.74, 6) is -0.913. The first-order valence-corrected chi connectivity index (χ1v) is 10.6. The molecule has 0 saturated heterocycles. The van der Waals surface area contributed by atoms with E-state index in [0.717, 1.165) is 12.8 Å². The summed E-state index contributed by atoms with van der Waals surface area (Å²) < 4.78 is 22.1. The van der Waals surface area contributed by atoms with Gasteiger partial charge in [-0.05, 0) is 12.8 Å². The Kier molecular flexibility index (Phi) is 11.0. The maximum atomic E-state index is 11.8. The van der Waals surface area contributed by atoms with Gasteiger partial charge >= 0.3 is 12.1 Å². The van der Waals surface area contributed by atoms with E-state index in [1.54, 1.807) is 27.7 Å². The molecule has 24 heavy (non-hydrogen) atoms. The van der Waals surface area contributed by atoms with Crippen LogP contribution in [0, 0.1) is 11.8 Å². The van der Waals surface area contributed by atoms with Crippen molar-refractivity contribution in [2.45, 2.75) is 60.2 Å². The molecule has 2 atom stereocenters. The summed E-state index contributed by atoms with van der Waals surface area (Å²) in [6.45, 7) is 9.16. The lowest BCUT2D eigenvalue weighted by Gasteiger charge is -2.22. The summed E-state index contributed by atoms with van der Waals surface area (Å²) in [7, 11) is -3.10. The van der Waals surface area contributed by atoms with Crippen molar-refractivity contribution >= 4 is 19.4 Å². The number of nitrogens with one attached hydrogen (secondary N) is 1. The molecule has 0 rings (SSSR count). The van der Waals surface area contributed by atoms with Crippen molar-refractivity contribution in [2.24, 2.45) is 11.8 Å². The molecule has 7 nitrogen and oxygen atoms in total. The number of unbranched alkanes of at least 4 members (excludes halogenated alkanes) is 1. The van der Waals surface area contributed by atoms with Crippen LogP contribution in [0.3, 0.4) is 0 Å². The SMILES string of the molecule is CCCCP(=O)(O)CCCNC(=O)O[C@@H](OC(=O)C(C)C)C(C)C. The molecular formula is C16H32NO6P. The molecule has 0 aliphatic carbocycles. The number of ether oxygens (including phenoxy) is 2. The van der Waals surface area contributed by atoms with Gasteiger partial charge in [0, 0.05) is 24.8 Å². The minimum atomic E-state index is -3.10. The number of carbonyl (C=O) groups is 2. The molecule has 0 fully saturated rings. The number of amides is 1. The second-order valence-corrected chi connectivity index (χ2v) is 9.12. The fourth-order valence-corrected chi connectivity index (χ4v) is 3.41. The maximum Gasteiger partial charge on any atom is 0.410 e. The highest BCUT2D eigenvalue weighted by Gasteiger charge is 2.24. The van der Waals surface area contributed by atoms with Crippen LogP contribution in [0.5, 0.6) is 0 Å². The first-order valence-electron chi connectivity index (χ1n) is 8.55. The molecular weight excluding hydrogens is 333 g/mol. The number of rotatable bonds is 11. The molecule has 0 aromatic rings. The van der Waals surface area contributed by atoms with E-state index in [0.29, 0.717) is 12.6 Å². The minimum Gasteiger partial charge on any atom is -0.425 e. The molecule has 142 valence electrons. The Morgan fingerprint density at radius 2 is 1.67 bits per heavy atom. The Labute approximate surface area is 144 Å². The molecule has 0 spiro atoms. The molecule has 0 radical (unpaired) electrons. The monoisotopic (exact) mass is 365 g/mol. The average molecular weight is 365 g/mol. The molecule has 1 unspecified atom stereocenters. The van der Waals surface area contributed by atoms with Crippen LogP contribution in [0.1, 0.15) is 53.9 Å². The fraction of sp³-hybridized carbons (Fsp3) is 0.875. The van der Waals surface area contributed by atoms with Gasteiger partial charge in [0.05, 0.1) is 5.92 Å². The average Bonchev–Trinajstić information content (AvgIpc) is 2.48. The van der Waals surface area contributed by atoms with Crippen LogP contribution in [0.2, 0.25) is 0 Å². The Balaban J connectivity index is 4.18. The number of hydrogen-bond donors (Lipinski definition) is 2. The molecule has 0 aliphatic rings. The lowest BCUT2D eigenvalue weighted by Crippen LogP contribution is -2.36. The highest BCUT2D eigenvalue weighted by molar-refractivity contribution is 7.57. The van der Waals surface area contributed by atoms with Crippen molar-refractivity contribution in [1.82, 2.24) is 5.32 Å². The zero-order chi connectivity index (χ0) is 18.8. The van der Waals surface area contributed by atoms with Crippen LogP contribution in [-0.2, 0) is 18.8 Å². The topological polar surface area (TPSA) is 102 Å². The lowest BCUT2D eigenvalue weighted by molar-refractivity contribution is -0.178. The van der Waals surface area contributed by atoms with Crippen LogP contribution in [0.4, 0.5) is 4.79 Å². The van der Waals surface area contributed by atoms with Crippen molar-refractivity contribution in [2.75, 3.05) is 18.9 Å². The largest absolute Gasteiger partial charge is 0.425 e. The van der Waals surface area contributed by atoms with Crippen molar-refractivity contribution in [3.63, 3.8) is 0 Å². The quantitative estimate of drug-likeness (QED) is 0.252. The summed E-state index contributed by atoms with van der Waals surface area (Å²) in [5, 5.41) is 2.51. The second kappa shape index (κ2) is 11.5. The Bertz CT molecular complexity index is 438. The van der Waals surface area contributed by atoms with E-state index < -0.39 is 25.7 Å². The third-order valence-electron chi connectivity index (χ3n) is 3.29. The Morgan fingerprint density at radius 3 is 2.17 bits per heavy atom. The van der Waals surface area contributed by atoms with Gasteiger partial charge in [0.15, 0.2) is 0 Å². The van der Waals surface area contributed by atoms with Crippen LogP contribution in [-0.4, -0.2) is 42.1 Å². The smallest absolute Gasteiger partial charge is 0.410 e. The van der Waals surface area contributed by atoms with Gasteiger partial charge in [-0.2, -0.15) is 0 Å². The minimum absolute atomic E-state index is 0.170.